The number of amides is 1. The van der Waals surface area contributed by atoms with E-state index in [9.17, 15) is 14.4 Å². The van der Waals surface area contributed by atoms with Crippen LogP contribution in [-0.2, 0) is 13.1 Å². The molecule has 0 aliphatic heterocycles. The molecule has 8 heteroatoms. The maximum atomic E-state index is 13.7. The number of benzene rings is 3. The summed E-state index contributed by atoms with van der Waals surface area (Å²) in [6.07, 6.45) is 0. The van der Waals surface area contributed by atoms with Crippen LogP contribution in [0.15, 0.2) is 82.4 Å². The van der Waals surface area contributed by atoms with E-state index < -0.39 is 0 Å². The van der Waals surface area contributed by atoms with Crippen molar-refractivity contribution in [2.75, 3.05) is 6.54 Å². The van der Waals surface area contributed by atoms with E-state index in [-0.39, 0.29) is 36.0 Å². The van der Waals surface area contributed by atoms with Crippen molar-refractivity contribution in [3.63, 3.8) is 0 Å². The van der Waals surface area contributed by atoms with Crippen molar-refractivity contribution in [3.05, 3.63) is 116 Å². The smallest absolute Gasteiger partial charge is 0.352 e. The molecule has 8 nitrogen and oxygen atoms in total. The number of nitrogens with zero attached hydrogens (tertiary/aromatic N) is 4. The van der Waals surface area contributed by atoms with Gasteiger partial charge in [0.05, 0.1) is 24.0 Å². The quantitative estimate of drug-likeness (QED) is 0.374. The van der Waals surface area contributed by atoms with Gasteiger partial charge in [-0.2, -0.15) is 0 Å². The number of hydrogen-bond acceptors (Lipinski definition) is 4. The summed E-state index contributed by atoms with van der Waals surface area (Å²) in [6, 6.07) is 22.3. The summed E-state index contributed by atoms with van der Waals surface area (Å²) < 4.78 is 4.32. The Bertz CT molecular complexity index is 1710. The van der Waals surface area contributed by atoms with Gasteiger partial charge in [0.15, 0.2) is 0 Å². The van der Waals surface area contributed by atoms with Crippen LogP contribution in [0.3, 0.4) is 0 Å². The van der Waals surface area contributed by atoms with Crippen LogP contribution >= 0.6 is 0 Å². The van der Waals surface area contributed by atoms with Crippen LogP contribution in [-0.4, -0.2) is 31.2 Å². The number of carbonyl (C=O) groups is 1. The van der Waals surface area contributed by atoms with Crippen LogP contribution in [0.4, 0.5) is 0 Å². The Balaban J connectivity index is 1.71. The first-order chi connectivity index (χ1) is 17.8. The number of nitrogens with one attached hydrogen (secondary N) is 1. The highest BCUT2D eigenvalue weighted by Gasteiger charge is 2.19. The van der Waals surface area contributed by atoms with Gasteiger partial charge in [0, 0.05) is 12.1 Å². The fourth-order valence-electron chi connectivity index (χ4n) is 4.33. The number of hydrogen-bond donors (Lipinski definition) is 1. The second-order valence-electron chi connectivity index (χ2n) is 9.77. The standard InChI is InChI=1S/C29H29N5O3/c1-19(2)16-30-26(35)23-13-14-24-25(15-23)34-28(31-33(29(34)37)18-21-7-5-4-6-8-21)32(27(24)36)17-22-11-9-20(3)10-12-22/h4-15,19H,16-18H2,1-3H3,(H,30,35). The Kier molecular flexibility index (Phi) is 6.48. The Morgan fingerprint density at radius 1 is 0.919 bits per heavy atom. The molecule has 188 valence electrons. The maximum Gasteiger partial charge on any atom is 0.352 e. The van der Waals surface area contributed by atoms with Crippen molar-refractivity contribution in [1.29, 1.82) is 0 Å². The zero-order valence-corrected chi connectivity index (χ0v) is 21.1. The van der Waals surface area contributed by atoms with Crippen LogP contribution in [0.25, 0.3) is 16.7 Å². The van der Waals surface area contributed by atoms with Crippen molar-refractivity contribution in [2.45, 2.75) is 33.9 Å². The average Bonchev–Trinajstić information content (AvgIpc) is 3.22. The fraction of sp³-hybridized carbons (Fsp3) is 0.241. The SMILES string of the molecule is Cc1ccc(Cn2c(=O)c3ccc(C(=O)NCC(C)C)cc3n3c(=O)n(Cc4ccccc4)nc23)cc1. The lowest BCUT2D eigenvalue weighted by Crippen LogP contribution is -2.29. The summed E-state index contributed by atoms with van der Waals surface area (Å²) in [5.41, 5.74) is 3.05. The molecule has 0 fully saturated rings. The third-order valence-electron chi connectivity index (χ3n) is 6.35. The molecule has 0 aliphatic carbocycles. The van der Waals surface area contributed by atoms with Crippen LogP contribution in [0.5, 0.6) is 0 Å². The van der Waals surface area contributed by atoms with Crippen molar-refractivity contribution in [2.24, 2.45) is 5.92 Å². The second kappa shape index (κ2) is 9.89. The monoisotopic (exact) mass is 495 g/mol. The van der Waals surface area contributed by atoms with Gasteiger partial charge in [0.25, 0.3) is 11.5 Å². The summed E-state index contributed by atoms with van der Waals surface area (Å²) >= 11 is 0. The third kappa shape index (κ3) is 4.82. The molecule has 2 aromatic heterocycles. The number of aromatic nitrogens is 4. The summed E-state index contributed by atoms with van der Waals surface area (Å²) in [4.78, 5) is 40.1. The minimum absolute atomic E-state index is 0.235. The molecule has 5 rings (SSSR count). The Hall–Kier alpha value is -4.46. The van der Waals surface area contributed by atoms with Crippen LogP contribution in [0, 0.1) is 12.8 Å². The first-order valence-corrected chi connectivity index (χ1v) is 12.4. The molecule has 0 spiro atoms. The normalized spacial score (nSPS) is 11.5. The lowest BCUT2D eigenvalue weighted by atomic mass is 10.1. The van der Waals surface area contributed by atoms with E-state index in [1.807, 2.05) is 75.4 Å². The summed E-state index contributed by atoms with van der Waals surface area (Å²) in [7, 11) is 0. The lowest BCUT2D eigenvalue weighted by Gasteiger charge is -2.12. The zero-order chi connectivity index (χ0) is 26.1. The molecule has 3 aromatic carbocycles. The van der Waals surface area contributed by atoms with Crippen molar-refractivity contribution in [1.82, 2.24) is 24.1 Å². The van der Waals surface area contributed by atoms with Crippen molar-refractivity contribution < 1.29 is 4.79 Å². The molecular weight excluding hydrogens is 466 g/mol. The second-order valence-corrected chi connectivity index (χ2v) is 9.77. The topological polar surface area (TPSA) is 90.4 Å². The van der Waals surface area contributed by atoms with Gasteiger partial charge >= 0.3 is 5.69 Å². The first kappa shape index (κ1) is 24.2. The Labute approximate surface area is 213 Å². The number of carbonyl (C=O) groups excluding carboxylic acids is 1. The van der Waals surface area contributed by atoms with E-state index in [0.29, 0.717) is 28.9 Å². The Morgan fingerprint density at radius 2 is 1.62 bits per heavy atom. The maximum absolute atomic E-state index is 13.7. The number of aryl methyl sites for hydroxylation is 1. The van der Waals surface area contributed by atoms with E-state index in [2.05, 4.69) is 10.4 Å². The summed E-state index contributed by atoms with van der Waals surface area (Å²) in [5, 5.41) is 7.84. The minimum Gasteiger partial charge on any atom is -0.352 e. The predicted octanol–water partition coefficient (Wildman–Crippen LogP) is 3.60. The van der Waals surface area contributed by atoms with Crippen molar-refractivity contribution >= 4 is 22.6 Å². The number of rotatable bonds is 7. The Morgan fingerprint density at radius 3 is 2.32 bits per heavy atom. The molecule has 0 aliphatic rings. The molecule has 1 N–H and O–H groups in total. The molecule has 2 heterocycles. The van der Waals surface area contributed by atoms with E-state index in [0.717, 1.165) is 16.7 Å². The van der Waals surface area contributed by atoms with Gasteiger partial charge in [-0.15, -0.1) is 5.10 Å². The van der Waals surface area contributed by atoms with Gasteiger partial charge in [0.2, 0.25) is 5.78 Å². The fourth-order valence-corrected chi connectivity index (χ4v) is 4.33. The first-order valence-electron chi connectivity index (χ1n) is 12.4. The highest BCUT2D eigenvalue weighted by molar-refractivity contribution is 5.98. The summed E-state index contributed by atoms with van der Waals surface area (Å²) in [6.45, 7) is 7.08. The van der Waals surface area contributed by atoms with Crippen LogP contribution in [0.1, 0.15) is 40.9 Å². The molecule has 1 amide bonds. The summed E-state index contributed by atoms with van der Waals surface area (Å²) in [5.74, 6) is 0.278. The molecular formula is C29H29N5O3. The van der Waals surface area contributed by atoms with Gasteiger partial charge in [-0.05, 0) is 42.2 Å². The van der Waals surface area contributed by atoms with Gasteiger partial charge in [0.1, 0.15) is 0 Å². The van der Waals surface area contributed by atoms with E-state index in [1.165, 1.54) is 13.6 Å². The molecule has 0 saturated carbocycles. The van der Waals surface area contributed by atoms with Crippen LogP contribution in [0.2, 0.25) is 0 Å². The van der Waals surface area contributed by atoms with E-state index >= 15 is 0 Å². The molecule has 0 radical (unpaired) electrons. The number of fused-ring (bicyclic) bond motifs is 3. The highest BCUT2D eigenvalue weighted by atomic mass is 16.2. The van der Waals surface area contributed by atoms with E-state index in [4.69, 9.17) is 0 Å². The molecule has 37 heavy (non-hydrogen) atoms. The molecule has 0 saturated heterocycles. The average molecular weight is 496 g/mol. The molecule has 5 aromatic rings. The van der Waals surface area contributed by atoms with Gasteiger partial charge in [-0.25, -0.2) is 13.9 Å². The van der Waals surface area contributed by atoms with Gasteiger partial charge in [-0.1, -0.05) is 74.0 Å². The van der Waals surface area contributed by atoms with Crippen LogP contribution < -0.4 is 16.6 Å². The van der Waals surface area contributed by atoms with Gasteiger partial charge in [-0.3, -0.25) is 14.2 Å². The molecule has 0 bridgehead atoms. The minimum atomic E-state index is -0.374. The zero-order valence-electron chi connectivity index (χ0n) is 21.1. The highest BCUT2D eigenvalue weighted by Crippen LogP contribution is 2.16. The van der Waals surface area contributed by atoms with Gasteiger partial charge < -0.3 is 5.32 Å². The molecule has 0 atom stereocenters. The lowest BCUT2D eigenvalue weighted by molar-refractivity contribution is 0.0949. The van der Waals surface area contributed by atoms with E-state index in [1.54, 1.807) is 18.2 Å². The predicted molar refractivity (Wildman–Crippen MR) is 144 cm³/mol. The third-order valence-corrected chi connectivity index (χ3v) is 6.35. The largest absolute Gasteiger partial charge is 0.352 e. The molecule has 0 unspecified atom stereocenters. The van der Waals surface area contributed by atoms with Crippen molar-refractivity contribution in [3.8, 4) is 0 Å².